The highest BCUT2D eigenvalue weighted by Gasteiger charge is 2.01. The van der Waals surface area contributed by atoms with E-state index in [9.17, 15) is 0 Å². The lowest BCUT2D eigenvalue weighted by Gasteiger charge is -1.98. The van der Waals surface area contributed by atoms with Gasteiger partial charge in [-0.2, -0.15) is 0 Å². The summed E-state index contributed by atoms with van der Waals surface area (Å²) in [5.41, 5.74) is 0. The van der Waals surface area contributed by atoms with Crippen LogP contribution in [0.15, 0.2) is 22.7 Å². The highest BCUT2D eigenvalue weighted by Crippen LogP contribution is 2.21. The molecule has 0 spiro atoms. The number of halogens is 1. The first-order valence-electron chi connectivity index (χ1n) is 4.60. The second-order valence-electron chi connectivity index (χ2n) is 3.17. The average molecular weight is 243 g/mol. The molecule has 0 saturated carbocycles. The molecule has 0 aliphatic rings. The van der Waals surface area contributed by atoms with E-state index in [-0.39, 0.29) is 0 Å². The standard InChI is InChI=1S/C10H11ClN2OS/c1-7-4-13-10(14-7)6-12-5-8-2-3-9(11)15-8/h2-4,12H,5-6H2,1H3. The van der Waals surface area contributed by atoms with Gasteiger partial charge in [0.25, 0.3) is 0 Å². The predicted molar refractivity (Wildman–Crippen MR) is 61.1 cm³/mol. The molecule has 2 aromatic rings. The Morgan fingerprint density at radius 3 is 2.93 bits per heavy atom. The lowest BCUT2D eigenvalue weighted by Crippen LogP contribution is -2.11. The first-order chi connectivity index (χ1) is 7.24. The Bertz CT molecular complexity index is 398. The molecule has 0 bridgehead atoms. The monoisotopic (exact) mass is 242 g/mol. The van der Waals surface area contributed by atoms with Gasteiger partial charge in [-0.15, -0.1) is 11.3 Å². The number of aromatic nitrogens is 1. The number of aryl methyl sites for hydroxylation is 1. The Balaban J connectivity index is 1.80. The van der Waals surface area contributed by atoms with Crippen LogP contribution in [-0.4, -0.2) is 4.98 Å². The van der Waals surface area contributed by atoms with Crippen LogP contribution in [-0.2, 0) is 13.1 Å². The number of hydrogen-bond acceptors (Lipinski definition) is 4. The Hall–Kier alpha value is -0.840. The van der Waals surface area contributed by atoms with E-state index in [0.29, 0.717) is 6.54 Å². The summed E-state index contributed by atoms with van der Waals surface area (Å²) in [5, 5.41) is 3.24. The zero-order valence-electron chi connectivity index (χ0n) is 8.29. The van der Waals surface area contributed by atoms with Crippen molar-refractivity contribution in [2.24, 2.45) is 0 Å². The van der Waals surface area contributed by atoms with Crippen LogP contribution >= 0.6 is 22.9 Å². The summed E-state index contributed by atoms with van der Waals surface area (Å²) in [5.74, 6) is 1.56. The average Bonchev–Trinajstić information content (AvgIpc) is 2.76. The van der Waals surface area contributed by atoms with E-state index in [1.54, 1.807) is 17.5 Å². The van der Waals surface area contributed by atoms with Gasteiger partial charge in [0, 0.05) is 11.4 Å². The summed E-state index contributed by atoms with van der Waals surface area (Å²) in [6, 6.07) is 3.92. The third kappa shape index (κ3) is 3.06. The largest absolute Gasteiger partial charge is 0.445 e. The normalized spacial score (nSPS) is 10.8. The maximum atomic E-state index is 5.82. The van der Waals surface area contributed by atoms with Gasteiger partial charge in [-0.05, 0) is 19.1 Å². The number of nitrogens with one attached hydrogen (secondary N) is 1. The second kappa shape index (κ2) is 4.79. The maximum Gasteiger partial charge on any atom is 0.208 e. The van der Waals surface area contributed by atoms with E-state index in [1.807, 2.05) is 19.1 Å². The van der Waals surface area contributed by atoms with Crippen LogP contribution in [0.1, 0.15) is 16.5 Å². The molecule has 0 aliphatic heterocycles. The Morgan fingerprint density at radius 2 is 2.33 bits per heavy atom. The molecular weight excluding hydrogens is 232 g/mol. The van der Waals surface area contributed by atoms with Crippen molar-refractivity contribution in [2.45, 2.75) is 20.0 Å². The fraction of sp³-hybridized carbons (Fsp3) is 0.300. The molecule has 15 heavy (non-hydrogen) atoms. The quantitative estimate of drug-likeness (QED) is 0.896. The molecule has 2 aromatic heterocycles. The maximum absolute atomic E-state index is 5.82. The van der Waals surface area contributed by atoms with Gasteiger partial charge >= 0.3 is 0 Å². The van der Waals surface area contributed by atoms with Gasteiger partial charge in [0.15, 0.2) is 0 Å². The van der Waals surface area contributed by atoms with Crippen molar-refractivity contribution < 1.29 is 4.42 Å². The third-order valence-electron chi connectivity index (χ3n) is 1.87. The third-order valence-corrected chi connectivity index (χ3v) is 3.10. The molecule has 0 aliphatic carbocycles. The second-order valence-corrected chi connectivity index (χ2v) is 4.97. The summed E-state index contributed by atoms with van der Waals surface area (Å²) in [7, 11) is 0. The van der Waals surface area contributed by atoms with Crippen molar-refractivity contribution in [3.8, 4) is 0 Å². The summed E-state index contributed by atoms with van der Waals surface area (Å²) in [4.78, 5) is 5.31. The Kier molecular flexibility index (Phi) is 3.41. The van der Waals surface area contributed by atoms with Crippen LogP contribution in [0.3, 0.4) is 0 Å². The van der Waals surface area contributed by atoms with E-state index >= 15 is 0 Å². The fourth-order valence-electron chi connectivity index (χ4n) is 1.22. The molecule has 2 heterocycles. The molecule has 0 fully saturated rings. The number of oxazole rings is 1. The smallest absolute Gasteiger partial charge is 0.208 e. The fourth-order valence-corrected chi connectivity index (χ4v) is 2.28. The molecule has 0 saturated heterocycles. The molecule has 5 heteroatoms. The van der Waals surface area contributed by atoms with Crippen LogP contribution in [0.25, 0.3) is 0 Å². The van der Waals surface area contributed by atoms with Crippen LogP contribution < -0.4 is 5.32 Å². The number of rotatable bonds is 4. The highest BCUT2D eigenvalue weighted by molar-refractivity contribution is 7.16. The van der Waals surface area contributed by atoms with Crippen LogP contribution in [0.5, 0.6) is 0 Å². The van der Waals surface area contributed by atoms with Gasteiger partial charge in [-0.25, -0.2) is 4.98 Å². The first kappa shape index (κ1) is 10.7. The van der Waals surface area contributed by atoms with Crippen molar-refractivity contribution in [2.75, 3.05) is 0 Å². The summed E-state index contributed by atoms with van der Waals surface area (Å²) < 4.78 is 6.15. The van der Waals surface area contributed by atoms with Crippen LogP contribution in [0, 0.1) is 6.92 Å². The van der Waals surface area contributed by atoms with E-state index in [2.05, 4.69) is 10.3 Å². The molecular formula is C10H11ClN2OS. The van der Waals surface area contributed by atoms with E-state index in [0.717, 1.165) is 22.5 Å². The molecule has 80 valence electrons. The SMILES string of the molecule is Cc1cnc(CNCc2ccc(Cl)s2)o1. The minimum Gasteiger partial charge on any atom is -0.445 e. The Labute approximate surface area is 97.1 Å². The molecule has 0 aromatic carbocycles. The predicted octanol–water partition coefficient (Wildman–Crippen LogP) is 2.99. The number of thiophene rings is 1. The zero-order valence-corrected chi connectivity index (χ0v) is 9.86. The van der Waals surface area contributed by atoms with E-state index in [4.69, 9.17) is 16.0 Å². The minimum atomic E-state index is 0.642. The topological polar surface area (TPSA) is 38.1 Å². The van der Waals surface area contributed by atoms with E-state index < -0.39 is 0 Å². The summed E-state index contributed by atoms with van der Waals surface area (Å²) in [6.45, 7) is 3.32. The van der Waals surface area contributed by atoms with Crippen LogP contribution in [0.4, 0.5) is 0 Å². The minimum absolute atomic E-state index is 0.642. The lowest BCUT2D eigenvalue weighted by molar-refractivity contribution is 0.449. The molecule has 0 amide bonds. The van der Waals surface area contributed by atoms with Crippen molar-refractivity contribution in [1.82, 2.24) is 10.3 Å². The van der Waals surface area contributed by atoms with Crippen LogP contribution in [0.2, 0.25) is 4.34 Å². The highest BCUT2D eigenvalue weighted by atomic mass is 35.5. The molecule has 1 N–H and O–H groups in total. The van der Waals surface area contributed by atoms with Gasteiger partial charge in [-0.3, -0.25) is 0 Å². The van der Waals surface area contributed by atoms with Crippen molar-refractivity contribution in [3.05, 3.63) is 39.2 Å². The van der Waals surface area contributed by atoms with Crippen molar-refractivity contribution in [1.29, 1.82) is 0 Å². The molecule has 3 nitrogen and oxygen atoms in total. The molecule has 2 rings (SSSR count). The van der Waals surface area contributed by atoms with E-state index in [1.165, 1.54) is 4.88 Å². The molecule has 0 unspecified atom stereocenters. The Morgan fingerprint density at radius 1 is 1.47 bits per heavy atom. The molecule has 0 atom stereocenters. The van der Waals surface area contributed by atoms with Crippen molar-refractivity contribution >= 4 is 22.9 Å². The summed E-state index contributed by atoms with van der Waals surface area (Å²) in [6.07, 6.45) is 1.72. The first-order valence-corrected chi connectivity index (χ1v) is 5.80. The zero-order chi connectivity index (χ0) is 10.7. The lowest BCUT2D eigenvalue weighted by atomic mass is 10.4. The summed E-state index contributed by atoms with van der Waals surface area (Å²) >= 11 is 7.40. The molecule has 0 radical (unpaired) electrons. The van der Waals surface area contributed by atoms with Crippen molar-refractivity contribution in [3.63, 3.8) is 0 Å². The number of hydrogen-bond donors (Lipinski definition) is 1. The van der Waals surface area contributed by atoms with Gasteiger partial charge in [0.1, 0.15) is 5.76 Å². The van der Waals surface area contributed by atoms with Gasteiger partial charge < -0.3 is 9.73 Å². The number of nitrogens with zero attached hydrogens (tertiary/aromatic N) is 1. The van der Waals surface area contributed by atoms with Gasteiger partial charge in [0.2, 0.25) is 5.89 Å². The van der Waals surface area contributed by atoms with Gasteiger partial charge in [0.05, 0.1) is 17.1 Å². The van der Waals surface area contributed by atoms with Gasteiger partial charge in [-0.1, -0.05) is 11.6 Å².